The molecule has 3 aromatic carbocycles. The maximum absolute atomic E-state index is 11.8. The van der Waals surface area contributed by atoms with Gasteiger partial charge in [-0.05, 0) is 106 Å². The average Bonchev–Trinajstić information content (AvgIpc) is 3.59. The molecule has 45 heavy (non-hydrogen) atoms. The van der Waals surface area contributed by atoms with Crippen molar-refractivity contribution in [3.05, 3.63) is 93.3 Å². The van der Waals surface area contributed by atoms with Crippen molar-refractivity contribution < 1.29 is 53.4 Å². The maximum Gasteiger partial charge on any atom is 1.00 e. The molecule has 3 aliphatic heterocycles. The van der Waals surface area contributed by atoms with Crippen LogP contribution in [0.15, 0.2) is 54.6 Å². The van der Waals surface area contributed by atoms with Crippen LogP contribution in [0.2, 0.25) is 0 Å². The third-order valence-electron chi connectivity index (χ3n) is 9.33. The number of imide groups is 1. The Kier molecular flexibility index (Phi) is 10.9. The molecule has 0 aromatic heterocycles. The van der Waals surface area contributed by atoms with Crippen LogP contribution in [0.3, 0.4) is 0 Å². The van der Waals surface area contributed by atoms with Crippen molar-refractivity contribution >= 4 is 22.9 Å². The number of likely N-dealkylation sites (tertiary alicyclic amines) is 1. The number of hydrogen-bond acceptors (Lipinski definition) is 7. The summed E-state index contributed by atoms with van der Waals surface area (Å²) in [4.78, 5) is 25.8. The van der Waals surface area contributed by atoms with E-state index in [1.165, 1.54) is 22.3 Å². The topological polar surface area (TPSA) is 79.2 Å². The molecule has 3 aliphatic rings. The molecule has 9 heteroatoms. The molecular weight excluding hydrogens is 595 g/mol. The summed E-state index contributed by atoms with van der Waals surface area (Å²) >= 11 is 1.01. The Morgan fingerprint density at radius 1 is 0.978 bits per heavy atom. The fourth-order valence-electron chi connectivity index (χ4n) is 6.68. The van der Waals surface area contributed by atoms with Gasteiger partial charge in [-0.2, -0.15) is 0 Å². The van der Waals surface area contributed by atoms with Gasteiger partial charge in [-0.25, -0.2) is 0 Å². The van der Waals surface area contributed by atoms with E-state index in [0.717, 1.165) is 78.9 Å². The van der Waals surface area contributed by atoms with Crippen molar-refractivity contribution in [3.63, 3.8) is 0 Å². The summed E-state index contributed by atoms with van der Waals surface area (Å²) in [7, 11) is 0. The van der Waals surface area contributed by atoms with E-state index in [0.29, 0.717) is 25.7 Å². The number of carbonyl (C=O) groups is 2. The van der Waals surface area contributed by atoms with Crippen molar-refractivity contribution in [1.82, 2.24) is 4.90 Å². The van der Waals surface area contributed by atoms with Gasteiger partial charge < -0.3 is 29.1 Å². The number of carbonyl (C=O) groups excluding carboxylic acids is 2. The maximum atomic E-state index is 11.8. The molecule has 2 amide bonds. The van der Waals surface area contributed by atoms with E-state index in [-0.39, 0.29) is 41.1 Å². The minimum absolute atomic E-state index is 0. The molecule has 0 N–H and O–H groups in total. The van der Waals surface area contributed by atoms with Gasteiger partial charge in [0, 0.05) is 18.2 Å². The summed E-state index contributed by atoms with van der Waals surface area (Å²) < 4.78 is 19.5. The zero-order valence-electron chi connectivity index (χ0n) is 27.1. The Morgan fingerprint density at radius 3 is 2.44 bits per heavy atom. The Hall–Kier alpha value is -2.49. The third kappa shape index (κ3) is 7.74. The van der Waals surface area contributed by atoms with Gasteiger partial charge in [0.1, 0.15) is 41.3 Å². The first-order chi connectivity index (χ1) is 21.2. The number of thioether (sulfide) groups is 1. The van der Waals surface area contributed by atoms with Gasteiger partial charge in [0.15, 0.2) is 0 Å². The summed E-state index contributed by atoms with van der Waals surface area (Å²) in [5.41, 5.74) is 6.66. The molecule has 6 rings (SSSR count). The van der Waals surface area contributed by atoms with Gasteiger partial charge in [0.05, 0.1) is 11.2 Å². The molecule has 2 unspecified atom stereocenters. The predicted molar refractivity (Wildman–Crippen MR) is 174 cm³/mol. The van der Waals surface area contributed by atoms with Crippen molar-refractivity contribution in [1.29, 1.82) is 0 Å². The number of fused-ring (bicyclic) bond motifs is 1. The Morgan fingerprint density at radius 2 is 1.73 bits per heavy atom. The summed E-state index contributed by atoms with van der Waals surface area (Å²) in [6.45, 7) is 11.8. The van der Waals surface area contributed by atoms with Gasteiger partial charge in [-0.3, -0.25) is 4.90 Å². The fraction of sp³-hybridized carbons (Fsp3) is 0.444. The zero-order chi connectivity index (χ0) is 30.8. The van der Waals surface area contributed by atoms with Gasteiger partial charge in [0.2, 0.25) is 0 Å². The van der Waals surface area contributed by atoms with E-state index in [9.17, 15) is 9.59 Å². The SMILES string of the molecule is Cc1c(C)c2c(c(C)c1OCc1ccccc1)CCC(C)(CN1CCC[C@H]1COc1ccc(CC3SC(=O)[N-]C3=O)cc1)O2.[Na+]. The molecular formula is C36H41N2NaO5S. The van der Waals surface area contributed by atoms with Crippen LogP contribution in [-0.4, -0.2) is 52.6 Å². The van der Waals surface area contributed by atoms with Gasteiger partial charge in [-0.1, -0.05) is 54.2 Å². The van der Waals surface area contributed by atoms with E-state index < -0.39 is 10.5 Å². The number of benzene rings is 3. The largest absolute Gasteiger partial charge is 1.00 e. The number of nitrogens with zero attached hydrogens (tertiary/aromatic N) is 2. The second kappa shape index (κ2) is 14.5. The van der Waals surface area contributed by atoms with E-state index in [4.69, 9.17) is 14.2 Å². The van der Waals surface area contributed by atoms with E-state index in [1.807, 2.05) is 42.5 Å². The first kappa shape index (κ1) is 33.9. The molecule has 7 nitrogen and oxygen atoms in total. The van der Waals surface area contributed by atoms with Crippen LogP contribution < -0.4 is 43.8 Å². The molecule has 0 radical (unpaired) electrons. The minimum atomic E-state index is -0.414. The molecule has 0 saturated carbocycles. The quantitative estimate of drug-likeness (QED) is 0.304. The van der Waals surface area contributed by atoms with Crippen LogP contribution in [-0.2, 0) is 24.2 Å². The Balaban J connectivity index is 0.00000400. The van der Waals surface area contributed by atoms with Gasteiger partial charge in [0.25, 0.3) is 0 Å². The third-order valence-corrected chi connectivity index (χ3v) is 10.3. The summed E-state index contributed by atoms with van der Waals surface area (Å²) in [5, 5.41) is 2.69. The summed E-state index contributed by atoms with van der Waals surface area (Å²) in [5.74, 6) is 2.49. The van der Waals surface area contributed by atoms with Crippen molar-refractivity contribution in [3.8, 4) is 17.2 Å². The molecule has 3 heterocycles. The second-order valence-electron chi connectivity index (χ2n) is 12.6. The van der Waals surface area contributed by atoms with Crippen LogP contribution in [0.25, 0.3) is 5.32 Å². The standard InChI is InChI=1S/C36H42N2O5S.Na/c1-23-24(2)33-30(25(3)32(23)42-20-27-9-6-5-7-10-27)16-17-36(4,43-33)22-38-18-8-11-28(38)21-41-29-14-12-26(13-15-29)19-31-34(39)37-35(40)44-31;/h5-7,9-10,12-15,28,31H,8,11,16-22H2,1-4H3,(H,37,39,40);/q;+1/p-1/t28-,31?,36?;/m0./s1. The number of rotatable bonds is 10. The van der Waals surface area contributed by atoms with Crippen LogP contribution in [0.5, 0.6) is 17.2 Å². The number of hydrogen-bond donors (Lipinski definition) is 0. The molecule has 0 aliphatic carbocycles. The smallest absolute Gasteiger partial charge is 0.585 e. The molecule has 2 saturated heterocycles. The van der Waals surface area contributed by atoms with Crippen molar-refractivity contribution in [2.45, 2.75) is 83.3 Å². The first-order valence-corrected chi connectivity index (χ1v) is 16.5. The van der Waals surface area contributed by atoms with Crippen LogP contribution >= 0.6 is 11.8 Å². The molecule has 0 bridgehead atoms. The van der Waals surface area contributed by atoms with Gasteiger partial charge >= 0.3 is 29.6 Å². The van der Waals surface area contributed by atoms with E-state index in [2.05, 4.69) is 50.0 Å². The fourth-order valence-corrected chi connectivity index (χ4v) is 7.49. The van der Waals surface area contributed by atoms with E-state index >= 15 is 0 Å². The van der Waals surface area contributed by atoms with Crippen LogP contribution in [0, 0.1) is 20.8 Å². The monoisotopic (exact) mass is 636 g/mol. The minimum Gasteiger partial charge on any atom is -0.585 e. The molecule has 232 valence electrons. The first-order valence-electron chi connectivity index (χ1n) is 15.6. The Bertz CT molecular complexity index is 1530. The van der Waals surface area contributed by atoms with E-state index in [1.54, 1.807) is 0 Å². The van der Waals surface area contributed by atoms with Crippen molar-refractivity contribution in [2.75, 3.05) is 19.7 Å². The van der Waals surface area contributed by atoms with Crippen LogP contribution in [0.1, 0.15) is 59.6 Å². The second-order valence-corrected chi connectivity index (χ2v) is 13.7. The van der Waals surface area contributed by atoms with Crippen molar-refractivity contribution in [2.24, 2.45) is 0 Å². The normalized spacial score (nSPS) is 22.8. The molecule has 2 fully saturated rings. The summed E-state index contributed by atoms with van der Waals surface area (Å²) in [6.07, 6.45) is 4.67. The average molecular weight is 637 g/mol. The molecule has 0 spiro atoms. The molecule has 3 atom stereocenters. The zero-order valence-corrected chi connectivity index (χ0v) is 29.9. The Labute approximate surface area is 293 Å². The number of ether oxygens (including phenoxy) is 3. The van der Waals surface area contributed by atoms with Gasteiger partial charge in [-0.15, -0.1) is 0 Å². The predicted octanol–water partition coefficient (Wildman–Crippen LogP) is 4.50. The number of amides is 2. The molecule has 3 aromatic rings. The summed E-state index contributed by atoms with van der Waals surface area (Å²) in [6, 6.07) is 18.5. The van der Waals surface area contributed by atoms with Crippen LogP contribution in [0.4, 0.5) is 4.79 Å².